The number of hydrogen-bond donors (Lipinski definition) is 1. The third-order valence-corrected chi connectivity index (χ3v) is 2.92. The fraction of sp³-hybridized carbons (Fsp3) is 0.706. The lowest BCUT2D eigenvalue weighted by Crippen LogP contribution is -2.22. The first-order valence-electron chi connectivity index (χ1n) is 7.95. The minimum Gasteiger partial charge on any atom is -0.475 e. The Morgan fingerprint density at radius 2 is 1.90 bits per heavy atom. The monoisotopic (exact) mass is 294 g/mol. The summed E-state index contributed by atoms with van der Waals surface area (Å²) in [7, 11) is 0. The van der Waals surface area contributed by atoms with Gasteiger partial charge in [0.2, 0.25) is 5.88 Å². The van der Waals surface area contributed by atoms with Crippen molar-refractivity contribution in [3.8, 4) is 5.88 Å². The van der Waals surface area contributed by atoms with Crippen LogP contribution in [0.4, 0.5) is 0 Å². The standard InChI is InChI=1S/C17H30N2O2/c1-6-16-9-15(11-18-14(4)5)10-17(19-16)21-8-7-20-12-13(2)3/h9-10,13-14,18H,6-8,11-12H2,1-5H3. The molecule has 0 saturated carbocycles. The number of aryl methyl sites for hydroxylation is 1. The lowest BCUT2D eigenvalue weighted by Gasteiger charge is -2.12. The van der Waals surface area contributed by atoms with Gasteiger partial charge in [-0.15, -0.1) is 0 Å². The van der Waals surface area contributed by atoms with Crippen LogP contribution in [0.1, 0.15) is 45.9 Å². The number of ether oxygens (including phenoxy) is 2. The Kier molecular flexibility index (Phi) is 8.31. The maximum Gasteiger partial charge on any atom is 0.213 e. The van der Waals surface area contributed by atoms with Crippen molar-refractivity contribution in [1.29, 1.82) is 0 Å². The third kappa shape index (κ3) is 8.02. The van der Waals surface area contributed by atoms with Crippen molar-refractivity contribution < 1.29 is 9.47 Å². The molecule has 1 aromatic rings. The average Bonchev–Trinajstić information content (AvgIpc) is 2.44. The molecule has 1 heterocycles. The number of aromatic nitrogens is 1. The first-order chi connectivity index (χ1) is 10.0. The fourth-order valence-corrected chi connectivity index (χ4v) is 1.82. The highest BCUT2D eigenvalue weighted by molar-refractivity contribution is 5.25. The van der Waals surface area contributed by atoms with Crippen LogP contribution in [-0.2, 0) is 17.7 Å². The van der Waals surface area contributed by atoms with E-state index in [1.54, 1.807) is 0 Å². The van der Waals surface area contributed by atoms with Crippen molar-refractivity contribution >= 4 is 0 Å². The van der Waals surface area contributed by atoms with Gasteiger partial charge in [0.1, 0.15) is 6.61 Å². The van der Waals surface area contributed by atoms with Crippen molar-refractivity contribution in [2.24, 2.45) is 5.92 Å². The van der Waals surface area contributed by atoms with E-state index in [4.69, 9.17) is 9.47 Å². The zero-order valence-corrected chi connectivity index (χ0v) is 14.1. The smallest absolute Gasteiger partial charge is 0.213 e. The molecule has 0 unspecified atom stereocenters. The summed E-state index contributed by atoms with van der Waals surface area (Å²) in [5, 5.41) is 3.42. The van der Waals surface area contributed by atoms with E-state index in [1.807, 2.05) is 6.07 Å². The Balaban J connectivity index is 2.50. The number of hydrogen-bond acceptors (Lipinski definition) is 4. The van der Waals surface area contributed by atoms with Gasteiger partial charge in [0.25, 0.3) is 0 Å². The Morgan fingerprint density at radius 1 is 1.14 bits per heavy atom. The largest absolute Gasteiger partial charge is 0.475 e. The normalized spacial score (nSPS) is 11.4. The molecule has 0 amide bonds. The van der Waals surface area contributed by atoms with E-state index in [0.717, 1.165) is 25.3 Å². The molecule has 0 radical (unpaired) electrons. The van der Waals surface area contributed by atoms with E-state index in [1.165, 1.54) is 5.56 Å². The summed E-state index contributed by atoms with van der Waals surface area (Å²) in [4.78, 5) is 4.51. The number of nitrogens with one attached hydrogen (secondary N) is 1. The molecule has 0 fully saturated rings. The minimum absolute atomic E-state index is 0.469. The SMILES string of the molecule is CCc1cc(CNC(C)C)cc(OCCOCC(C)C)n1. The van der Waals surface area contributed by atoms with Crippen LogP contribution in [0.3, 0.4) is 0 Å². The van der Waals surface area contributed by atoms with E-state index in [0.29, 0.717) is 31.1 Å². The van der Waals surface area contributed by atoms with Crippen molar-refractivity contribution in [1.82, 2.24) is 10.3 Å². The van der Waals surface area contributed by atoms with Gasteiger partial charge in [-0.3, -0.25) is 0 Å². The predicted octanol–water partition coefficient (Wildman–Crippen LogP) is 3.19. The van der Waals surface area contributed by atoms with E-state index < -0.39 is 0 Å². The molecule has 4 heteroatoms. The molecule has 0 saturated heterocycles. The molecule has 0 spiro atoms. The van der Waals surface area contributed by atoms with Gasteiger partial charge >= 0.3 is 0 Å². The second-order valence-electron chi connectivity index (χ2n) is 6.01. The van der Waals surface area contributed by atoms with E-state index in [-0.39, 0.29) is 0 Å². The first kappa shape index (κ1) is 17.9. The van der Waals surface area contributed by atoms with Gasteiger partial charge in [-0.25, -0.2) is 4.98 Å². The van der Waals surface area contributed by atoms with Crippen LogP contribution >= 0.6 is 0 Å². The predicted molar refractivity (Wildman–Crippen MR) is 86.7 cm³/mol. The van der Waals surface area contributed by atoms with Gasteiger partial charge in [0.05, 0.1) is 6.61 Å². The molecular formula is C17H30N2O2. The van der Waals surface area contributed by atoms with E-state index in [2.05, 4.69) is 51.0 Å². The molecule has 1 aromatic heterocycles. The van der Waals surface area contributed by atoms with Crippen LogP contribution in [-0.4, -0.2) is 30.8 Å². The summed E-state index contributed by atoms with van der Waals surface area (Å²) in [6.45, 7) is 13.4. The molecule has 0 aliphatic rings. The van der Waals surface area contributed by atoms with E-state index in [9.17, 15) is 0 Å². The molecule has 0 aromatic carbocycles. The molecule has 4 nitrogen and oxygen atoms in total. The van der Waals surface area contributed by atoms with Crippen molar-refractivity contribution in [2.45, 2.75) is 53.6 Å². The van der Waals surface area contributed by atoms with Gasteiger partial charge < -0.3 is 14.8 Å². The Morgan fingerprint density at radius 3 is 2.52 bits per heavy atom. The van der Waals surface area contributed by atoms with Gasteiger partial charge in [0, 0.05) is 31.0 Å². The molecule has 1 rings (SSSR count). The first-order valence-corrected chi connectivity index (χ1v) is 7.95. The summed E-state index contributed by atoms with van der Waals surface area (Å²) in [6.07, 6.45) is 0.912. The maximum atomic E-state index is 5.71. The Labute approximate surface area is 129 Å². The highest BCUT2D eigenvalue weighted by atomic mass is 16.5. The third-order valence-electron chi connectivity index (χ3n) is 2.92. The Bertz CT molecular complexity index is 406. The van der Waals surface area contributed by atoms with Crippen LogP contribution in [0, 0.1) is 5.92 Å². The zero-order chi connectivity index (χ0) is 15.7. The van der Waals surface area contributed by atoms with Gasteiger partial charge in [-0.05, 0) is 24.0 Å². The van der Waals surface area contributed by atoms with Gasteiger partial charge in [0.15, 0.2) is 0 Å². The molecule has 0 atom stereocenters. The summed E-state index contributed by atoms with van der Waals surface area (Å²) >= 11 is 0. The molecule has 120 valence electrons. The summed E-state index contributed by atoms with van der Waals surface area (Å²) in [6, 6.07) is 4.62. The van der Waals surface area contributed by atoms with E-state index >= 15 is 0 Å². The summed E-state index contributed by atoms with van der Waals surface area (Å²) < 4.78 is 11.2. The topological polar surface area (TPSA) is 43.4 Å². The lowest BCUT2D eigenvalue weighted by atomic mass is 10.2. The summed E-state index contributed by atoms with van der Waals surface area (Å²) in [5.41, 5.74) is 2.28. The Hall–Kier alpha value is -1.13. The van der Waals surface area contributed by atoms with Crippen LogP contribution in [0.2, 0.25) is 0 Å². The van der Waals surface area contributed by atoms with Crippen LogP contribution < -0.4 is 10.1 Å². The quantitative estimate of drug-likeness (QED) is 0.673. The molecule has 1 N–H and O–H groups in total. The second-order valence-corrected chi connectivity index (χ2v) is 6.01. The molecular weight excluding hydrogens is 264 g/mol. The summed E-state index contributed by atoms with van der Waals surface area (Å²) in [5.74, 6) is 1.25. The van der Waals surface area contributed by atoms with Crippen LogP contribution in [0.15, 0.2) is 12.1 Å². The lowest BCUT2D eigenvalue weighted by molar-refractivity contribution is 0.0805. The molecule has 21 heavy (non-hydrogen) atoms. The van der Waals surface area contributed by atoms with Gasteiger partial charge in [-0.2, -0.15) is 0 Å². The fourth-order valence-electron chi connectivity index (χ4n) is 1.82. The highest BCUT2D eigenvalue weighted by Gasteiger charge is 2.04. The van der Waals surface area contributed by atoms with Crippen LogP contribution in [0.5, 0.6) is 5.88 Å². The maximum absolute atomic E-state index is 5.71. The molecule has 0 aliphatic heterocycles. The second kappa shape index (κ2) is 9.74. The average molecular weight is 294 g/mol. The van der Waals surface area contributed by atoms with Crippen molar-refractivity contribution in [2.75, 3.05) is 19.8 Å². The molecule has 0 bridgehead atoms. The van der Waals surface area contributed by atoms with Crippen molar-refractivity contribution in [3.63, 3.8) is 0 Å². The number of pyridine rings is 1. The highest BCUT2D eigenvalue weighted by Crippen LogP contribution is 2.13. The van der Waals surface area contributed by atoms with Crippen LogP contribution in [0.25, 0.3) is 0 Å². The minimum atomic E-state index is 0.469. The zero-order valence-electron chi connectivity index (χ0n) is 14.1. The van der Waals surface area contributed by atoms with Crippen molar-refractivity contribution in [3.05, 3.63) is 23.4 Å². The molecule has 0 aliphatic carbocycles. The van der Waals surface area contributed by atoms with Gasteiger partial charge in [-0.1, -0.05) is 34.6 Å². The number of rotatable bonds is 10. The number of nitrogens with zero attached hydrogens (tertiary/aromatic N) is 1.